The van der Waals surface area contributed by atoms with Crippen LogP contribution in [0.5, 0.6) is 17.2 Å². The first-order valence-corrected chi connectivity index (χ1v) is 13.2. The summed E-state index contributed by atoms with van der Waals surface area (Å²) < 4.78 is 18.2. The van der Waals surface area contributed by atoms with E-state index in [9.17, 15) is 4.79 Å². The number of benzene rings is 3. The molecule has 36 heavy (non-hydrogen) atoms. The van der Waals surface area contributed by atoms with E-state index in [0.717, 1.165) is 27.0 Å². The number of amides is 1. The van der Waals surface area contributed by atoms with E-state index in [0.29, 0.717) is 41.4 Å². The number of rotatable bonds is 9. The minimum Gasteiger partial charge on any atom is -0.494 e. The average molecular weight is 568 g/mol. The minimum atomic E-state index is -0.200. The highest BCUT2D eigenvalue weighted by atomic mass is 79.9. The number of nitrogens with zero attached hydrogens (tertiary/aromatic N) is 1. The first-order chi connectivity index (χ1) is 17.4. The van der Waals surface area contributed by atoms with Gasteiger partial charge in [0.25, 0.3) is 5.91 Å². The van der Waals surface area contributed by atoms with Gasteiger partial charge in [0.05, 0.1) is 23.8 Å². The minimum absolute atomic E-state index is 0.200. The van der Waals surface area contributed by atoms with E-state index in [-0.39, 0.29) is 5.91 Å². The van der Waals surface area contributed by atoms with E-state index < -0.39 is 0 Å². The van der Waals surface area contributed by atoms with Gasteiger partial charge in [0.15, 0.2) is 16.7 Å². The Bertz CT molecular complexity index is 1290. The molecule has 0 bridgehead atoms. The van der Waals surface area contributed by atoms with E-state index in [1.54, 1.807) is 0 Å². The van der Waals surface area contributed by atoms with Crippen LogP contribution < -0.4 is 19.5 Å². The van der Waals surface area contributed by atoms with Gasteiger partial charge in [0.2, 0.25) is 0 Å². The molecule has 186 valence electrons. The lowest BCUT2D eigenvalue weighted by molar-refractivity contribution is -0.115. The number of amidine groups is 1. The molecular weight excluding hydrogens is 540 g/mol. The van der Waals surface area contributed by atoms with Crippen LogP contribution in [0.25, 0.3) is 6.08 Å². The van der Waals surface area contributed by atoms with Crippen molar-refractivity contribution in [2.24, 2.45) is 4.99 Å². The van der Waals surface area contributed by atoms with Crippen molar-refractivity contribution >= 4 is 50.5 Å². The molecule has 0 saturated carbocycles. The summed E-state index contributed by atoms with van der Waals surface area (Å²) in [6, 6.07) is 19.4. The van der Waals surface area contributed by atoms with Crippen molar-refractivity contribution < 1.29 is 19.0 Å². The molecule has 1 saturated heterocycles. The second-order valence-electron chi connectivity index (χ2n) is 7.94. The normalized spacial score (nSPS) is 15.3. The van der Waals surface area contributed by atoms with Crippen LogP contribution in [0.2, 0.25) is 0 Å². The standard InChI is InChI=1S/C28H27BrN2O4S/c1-4-33-22-12-10-21(11-13-22)30-28-31-27(32)26(36-28)15-20-14-24(34-5-2)25(16-23(20)29)35-17-19-8-6-18(3)7-9-19/h6-16H,4-5,17H2,1-3H3,(H,30,31,32)/b26-15+. The number of hydrogen-bond donors (Lipinski definition) is 1. The van der Waals surface area contributed by atoms with Gasteiger partial charge in [0, 0.05) is 4.47 Å². The second-order valence-corrected chi connectivity index (χ2v) is 9.82. The van der Waals surface area contributed by atoms with Gasteiger partial charge in [-0.2, -0.15) is 0 Å². The molecule has 0 spiro atoms. The van der Waals surface area contributed by atoms with Gasteiger partial charge in [-0.3, -0.25) is 4.79 Å². The Hall–Kier alpha value is -3.23. The summed E-state index contributed by atoms with van der Waals surface area (Å²) in [6.07, 6.45) is 1.82. The zero-order chi connectivity index (χ0) is 25.5. The zero-order valence-corrected chi connectivity index (χ0v) is 22.7. The number of carbonyl (C=O) groups is 1. The van der Waals surface area contributed by atoms with Crippen LogP contribution >= 0.6 is 27.7 Å². The summed E-state index contributed by atoms with van der Waals surface area (Å²) in [5.74, 6) is 1.83. The topological polar surface area (TPSA) is 69.2 Å². The molecule has 6 nitrogen and oxygen atoms in total. The van der Waals surface area contributed by atoms with Gasteiger partial charge in [-0.25, -0.2) is 4.99 Å². The van der Waals surface area contributed by atoms with Crippen LogP contribution in [0, 0.1) is 6.92 Å². The molecule has 1 amide bonds. The molecule has 1 heterocycles. The Morgan fingerprint density at radius 3 is 2.33 bits per heavy atom. The monoisotopic (exact) mass is 566 g/mol. The molecule has 0 unspecified atom stereocenters. The van der Waals surface area contributed by atoms with E-state index in [2.05, 4.69) is 45.3 Å². The highest BCUT2D eigenvalue weighted by Crippen LogP contribution is 2.37. The Balaban J connectivity index is 1.52. The van der Waals surface area contributed by atoms with Gasteiger partial charge >= 0.3 is 0 Å². The fraction of sp³-hybridized carbons (Fsp3) is 0.214. The molecule has 1 fully saturated rings. The third kappa shape index (κ3) is 6.71. The summed E-state index contributed by atoms with van der Waals surface area (Å²) in [5.41, 5.74) is 3.82. The van der Waals surface area contributed by atoms with E-state index in [1.165, 1.54) is 17.3 Å². The van der Waals surface area contributed by atoms with E-state index in [1.807, 2.05) is 68.5 Å². The van der Waals surface area contributed by atoms with Crippen LogP contribution in [0.4, 0.5) is 5.69 Å². The summed E-state index contributed by atoms with van der Waals surface area (Å²) in [7, 11) is 0. The molecule has 0 aromatic heterocycles. The number of thioether (sulfide) groups is 1. The zero-order valence-electron chi connectivity index (χ0n) is 20.3. The fourth-order valence-corrected chi connectivity index (χ4v) is 4.68. The predicted octanol–water partition coefficient (Wildman–Crippen LogP) is 7.03. The average Bonchev–Trinajstić information content (AvgIpc) is 3.21. The molecule has 8 heteroatoms. The fourth-order valence-electron chi connectivity index (χ4n) is 3.41. The molecule has 4 rings (SSSR count). The van der Waals surface area contributed by atoms with Crippen molar-refractivity contribution in [3.63, 3.8) is 0 Å². The molecule has 0 radical (unpaired) electrons. The van der Waals surface area contributed by atoms with Gasteiger partial charge in [-0.15, -0.1) is 0 Å². The van der Waals surface area contributed by atoms with Crippen molar-refractivity contribution in [3.05, 3.63) is 86.7 Å². The first-order valence-electron chi connectivity index (χ1n) is 11.6. The lowest BCUT2D eigenvalue weighted by Crippen LogP contribution is -2.19. The summed E-state index contributed by atoms with van der Waals surface area (Å²) in [4.78, 5) is 17.7. The van der Waals surface area contributed by atoms with Crippen molar-refractivity contribution in [1.29, 1.82) is 0 Å². The maximum absolute atomic E-state index is 12.6. The third-order valence-corrected chi connectivity index (χ3v) is 6.79. The van der Waals surface area contributed by atoms with E-state index in [4.69, 9.17) is 14.2 Å². The SMILES string of the molecule is CCOc1ccc(N=C2NC(=O)/C(=C\c3cc(OCC)c(OCc4ccc(C)cc4)cc3Br)S2)cc1. The van der Waals surface area contributed by atoms with Crippen molar-refractivity contribution in [2.45, 2.75) is 27.4 Å². The summed E-state index contributed by atoms with van der Waals surface area (Å²) in [5, 5.41) is 3.35. The molecule has 0 aliphatic carbocycles. The molecule has 1 N–H and O–H groups in total. The van der Waals surface area contributed by atoms with Gasteiger partial charge in [0.1, 0.15) is 12.4 Å². The first kappa shape index (κ1) is 25.9. The van der Waals surface area contributed by atoms with E-state index >= 15 is 0 Å². The van der Waals surface area contributed by atoms with Gasteiger partial charge < -0.3 is 19.5 Å². The number of ether oxygens (including phenoxy) is 3. The number of aliphatic imine (C=N–C) groups is 1. The van der Waals surface area contributed by atoms with Crippen LogP contribution in [0.3, 0.4) is 0 Å². The quantitative estimate of drug-likeness (QED) is 0.282. The second kappa shape index (κ2) is 12.1. The lowest BCUT2D eigenvalue weighted by Gasteiger charge is -2.14. The Kier molecular flexibility index (Phi) is 8.72. The predicted molar refractivity (Wildman–Crippen MR) is 149 cm³/mol. The van der Waals surface area contributed by atoms with Crippen LogP contribution in [0.1, 0.15) is 30.5 Å². The van der Waals surface area contributed by atoms with Gasteiger partial charge in [-0.1, -0.05) is 45.8 Å². The highest BCUT2D eigenvalue weighted by molar-refractivity contribution is 9.10. The van der Waals surface area contributed by atoms with Crippen LogP contribution in [-0.2, 0) is 11.4 Å². The molecule has 0 atom stereocenters. The number of aryl methyl sites for hydroxylation is 1. The molecule has 3 aromatic rings. The van der Waals surface area contributed by atoms with Crippen molar-refractivity contribution in [1.82, 2.24) is 5.32 Å². The Morgan fingerprint density at radius 2 is 1.64 bits per heavy atom. The van der Waals surface area contributed by atoms with Crippen molar-refractivity contribution in [2.75, 3.05) is 13.2 Å². The van der Waals surface area contributed by atoms with Crippen LogP contribution in [0.15, 0.2) is 75.0 Å². The maximum atomic E-state index is 12.6. The Morgan fingerprint density at radius 1 is 0.944 bits per heavy atom. The molecule has 1 aliphatic rings. The largest absolute Gasteiger partial charge is 0.494 e. The number of halogens is 1. The highest BCUT2D eigenvalue weighted by Gasteiger charge is 2.24. The molecule has 3 aromatic carbocycles. The van der Waals surface area contributed by atoms with Crippen LogP contribution in [-0.4, -0.2) is 24.3 Å². The van der Waals surface area contributed by atoms with Gasteiger partial charge in [-0.05, 0) is 86.1 Å². The summed E-state index contributed by atoms with van der Waals surface area (Å²) >= 11 is 4.91. The Labute approximate surface area is 223 Å². The van der Waals surface area contributed by atoms with Crippen molar-refractivity contribution in [3.8, 4) is 17.2 Å². The maximum Gasteiger partial charge on any atom is 0.264 e. The third-order valence-electron chi connectivity index (χ3n) is 5.19. The lowest BCUT2D eigenvalue weighted by atomic mass is 10.1. The number of hydrogen-bond acceptors (Lipinski definition) is 6. The summed E-state index contributed by atoms with van der Waals surface area (Å²) in [6.45, 7) is 7.44. The number of carbonyl (C=O) groups excluding carboxylic acids is 1. The smallest absolute Gasteiger partial charge is 0.264 e. The molecular formula is C28H27BrN2O4S. The molecule has 1 aliphatic heterocycles. The number of nitrogens with one attached hydrogen (secondary N) is 1.